The van der Waals surface area contributed by atoms with E-state index >= 15 is 0 Å². The Balaban J connectivity index is 2.76. The molecule has 1 aromatic carbocycles. The van der Waals surface area contributed by atoms with E-state index in [4.69, 9.17) is 4.55 Å². The van der Waals surface area contributed by atoms with Crippen molar-refractivity contribution in [3.8, 4) is 0 Å². The lowest BCUT2D eigenvalue weighted by molar-refractivity contribution is 0.0532. The zero-order valence-electron chi connectivity index (χ0n) is 6.93. The Hall–Kier alpha value is -1.40. The number of hydrogen-bond donors (Lipinski definition) is 1. The summed E-state index contributed by atoms with van der Waals surface area (Å²) in [6.07, 6.45) is 0. The van der Waals surface area contributed by atoms with Crippen LogP contribution >= 0.6 is 0 Å². The van der Waals surface area contributed by atoms with E-state index in [2.05, 4.69) is 4.74 Å². The number of rotatable bonds is 1. The SMILES string of the molecule is O=C1OCc2cccc(S(=O)(=O)O)c21. The number of esters is 1. The molecule has 1 aliphatic heterocycles. The third-order valence-corrected chi connectivity index (χ3v) is 2.85. The van der Waals surface area contributed by atoms with Crippen molar-refractivity contribution in [2.45, 2.75) is 11.5 Å². The summed E-state index contributed by atoms with van der Waals surface area (Å²) in [5.74, 6) is -0.715. The molecule has 1 aliphatic rings. The van der Waals surface area contributed by atoms with Gasteiger partial charge in [0.15, 0.2) is 0 Å². The summed E-state index contributed by atoms with van der Waals surface area (Å²) in [6.45, 7) is 0.0531. The molecular weight excluding hydrogens is 208 g/mol. The van der Waals surface area contributed by atoms with Crippen LogP contribution in [0.2, 0.25) is 0 Å². The Morgan fingerprint density at radius 3 is 2.71 bits per heavy atom. The van der Waals surface area contributed by atoms with Crippen molar-refractivity contribution in [1.29, 1.82) is 0 Å². The fourth-order valence-electron chi connectivity index (χ4n) is 1.36. The predicted molar refractivity (Wildman–Crippen MR) is 45.4 cm³/mol. The lowest BCUT2D eigenvalue weighted by Gasteiger charge is -2.00. The highest BCUT2D eigenvalue weighted by Crippen LogP contribution is 2.26. The van der Waals surface area contributed by atoms with Crippen molar-refractivity contribution in [3.05, 3.63) is 29.3 Å². The molecule has 1 N–H and O–H groups in total. The van der Waals surface area contributed by atoms with E-state index in [-0.39, 0.29) is 12.2 Å². The smallest absolute Gasteiger partial charge is 0.340 e. The highest BCUT2D eigenvalue weighted by Gasteiger charge is 2.29. The molecule has 0 spiro atoms. The van der Waals surface area contributed by atoms with Gasteiger partial charge in [0.1, 0.15) is 11.5 Å². The Bertz CT molecular complexity index is 502. The molecule has 0 saturated heterocycles. The van der Waals surface area contributed by atoms with Crippen LogP contribution in [0, 0.1) is 0 Å². The van der Waals surface area contributed by atoms with Gasteiger partial charge < -0.3 is 4.74 Å². The molecule has 0 aliphatic carbocycles. The summed E-state index contributed by atoms with van der Waals surface area (Å²) >= 11 is 0. The Labute approximate surface area is 80.1 Å². The average Bonchev–Trinajstić information content (AvgIpc) is 2.46. The molecule has 5 nitrogen and oxygen atoms in total. The minimum atomic E-state index is -4.36. The first-order valence-corrected chi connectivity index (χ1v) is 5.20. The van der Waals surface area contributed by atoms with Gasteiger partial charge in [-0.15, -0.1) is 0 Å². The van der Waals surface area contributed by atoms with Crippen LogP contribution in [-0.4, -0.2) is 18.9 Å². The molecule has 1 aromatic rings. The van der Waals surface area contributed by atoms with Crippen LogP contribution in [0.4, 0.5) is 0 Å². The van der Waals surface area contributed by atoms with Gasteiger partial charge in [0.2, 0.25) is 0 Å². The first-order valence-electron chi connectivity index (χ1n) is 3.76. The molecule has 0 atom stereocenters. The topological polar surface area (TPSA) is 80.7 Å². The van der Waals surface area contributed by atoms with Gasteiger partial charge in [-0.05, 0) is 6.07 Å². The average molecular weight is 214 g/mol. The number of carbonyl (C=O) groups excluding carboxylic acids is 1. The predicted octanol–water partition coefficient (Wildman–Crippen LogP) is 0.604. The normalized spacial score (nSPS) is 15.1. The zero-order valence-corrected chi connectivity index (χ0v) is 7.74. The quantitative estimate of drug-likeness (QED) is 0.547. The molecule has 0 bridgehead atoms. The summed E-state index contributed by atoms with van der Waals surface area (Å²) in [7, 11) is -4.36. The van der Waals surface area contributed by atoms with E-state index in [1.165, 1.54) is 12.1 Å². The number of ether oxygens (including phenoxy) is 1. The van der Waals surface area contributed by atoms with Crippen molar-refractivity contribution in [1.82, 2.24) is 0 Å². The number of carbonyl (C=O) groups is 1. The zero-order chi connectivity index (χ0) is 10.3. The van der Waals surface area contributed by atoms with Gasteiger partial charge in [-0.2, -0.15) is 8.42 Å². The van der Waals surface area contributed by atoms with Crippen LogP contribution in [0.5, 0.6) is 0 Å². The van der Waals surface area contributed by atoms with Gasteiger partial charge in [0.25, 0.3) is 10.1 Å². The molecule has 74 valence electrons. The van der Waals surface area contributed by atoms with Crippen LogP contribution in [0.3, 0.4) is 0 Å². The van der Waals surface area contributed by atoms with Crippen LogP contribution in [0.1, 0.15) is 15.9 Å². The molecule has 14 heavy (non-hydrogen) atoms. The van der Waals surface area contributed by atoms with E-state index in [0.29, 0.717) is 5.56 Å². The molecular formula is C8H6O5S. The van der Waals surface area contributed by atoms with Gasteiger partial charge in [-0.25, -0.2) is 4.79 Å². The van der Waals surface area contributed by atoms with E-state index in [9.17, 15) is 13.2 Å². The molecule has 6 heteroatoms. The first-order chi connectivity index (χ1) is 6.50. The van der Waals surface area contributed by atoms with Gasteiger partial charge >= 0.3 is 5.97 Å². The minimum absolute atomic E-state index is 0.0531. The fraction of sp³-hybridized carbons (Fsp3) is 0.125. The highest BCUT2D eigenvalue weighted by atomic mass is 32.2. The summed E-state index contributed by atoms with van der Waals surface area (Å²) in [5, 5.41) is 0. The second kappa shape index (κ2) is 2.79. The summed E-state index contributed by atoms with van der Waals surface area (Å²) < 4.78 is 35.3. The Morgan fingerprint density at radius 1 is 1.36 bits per heavy atom. The summed E-state index contributed by atoms with van der Waals surface area (Å²) in [6, 6.07) is 4.19. The number of benzene rings is 1. The van der Waals surface area contributed by atoms with Crippen molar-refractivity contribution in [3.63, 3.8) is 0 Å². The molecule has 0 saturated carbocycles. The highest BCUT2D eigenvalue weighted by molar-refractivity contribution is 7.86. The summed E-state index contributed by atoms with van der Waals surface area (Å²) in [4.78, 5) is 10.7. The van der Waals surface area contributed by atoms with E-state index in [0.717, 1.165) is 0 Å². The van der Waals surface area contributed by atoms with Gasteiger partial charge in [0.05, 0.1) is 5.56 Å². The summed E-state index contributed by atoms with van der Waals surface area (Å²) in [5.41, 5.74) is 0.417. The monoisotopic (exact) mass is 214 g/mol. The van der Waals surface area contributed by atoms with Crippen molar-refractivity contribution >= 4 is 16.1 Å². The second-order valence-corrected chi connectivity index (χ2v) is 4.23. The number of fused-ring (bicyclic) bond motifs is 1. The van der Waals surface area contributed by atoms with Crippen LogP contribution in [0.25, 0.3) is 0 Å². The van der Waals surface area contributed by atoms with Gasteiger partial charge in [-0.1, -0.05) is 12.1 Å². The lowest BCUT2D eigenvalue weighted by Crippen LogP contribution is -2.06. The molecule has 2 rings (SSSR count). The largest absolute Gasteiger partial charge is 0.457 e. The minimum Gasteiger partial charge on any atom is -0.457 e. The number of hydrogen-bond acceptors (Lipinski definition) is 4. The Kier molecular flexibility index (Phi) is 1.83. The number of cyclic esters (lactones) is 1. The first kappa shape index (κ1) is 9.17. The standard InChI is InChI=1S/C8H6O5S/c9-8-7-5(4-13-8)2-1-3-6(7)14(10,11)12/h1-3H,4H2,(H,10,11,12). The van der Waals surface area contributed by atoms with E-state index < -0.39 is 21.0 Å². The maximum atomic E-state index is 11.1. The van der Waals surface area contributed by atoms with E-state index in [1.807, 2.05) is 0 Å². The van der Waals surface area contributed by atoms with Crippen molar-refractivity contribution < 1.29 is 22.5 Å². The second-order valence-electron chi connectivity index (χ2n) is 2.84. The fourth-order valence-corrected chi connectivity index (χ4v) is 2.08. The maximum absolute atomic E-state index is 11.1. The molecule has 0 radical (unpaired) electrons. The molecule has 0 aromatic heterocycles. The van der Waals surface area contributed by atoms with Crippen LogP contribution < -0.4 is 0 Å². The molecule has 1 heterocycles. The van der Waals surface area contributed by atoms with Crippen molar-refractivity contribution in [2.75, 3.05) is 0 Å². The van der Waals surface area contributed by atoms with Crippen LogP contribution in [-0.2, 0) is 21.5 Å². The van der Waals surface area contributed by atoms with Crippen LogP contribution in [0.15, 0.2) is 23.1 Å². The third-order valence-electron chi connectivity index (χ3n) is 1.95. The van der Waals surface area contributed by atoms with Gasteiger partial charge in [-0.3, -0.25) is 4.55 Å². The Morgan fingerprint density at radius 2 is 2.07 bits per heavy atom. The van der Waals surface area contributed by atoms with E-state index in [1.54, 1.807) is 6.07 Å². The lowest BCUT2D eigenvalue weighted by atomic mass is 10.1. The molecule has 0 unspecified atom stereocenters. The molecule has 0 amide bonds. The molecule has 0 fully saturated rings. The third kappa shape index (κ3) is 1.28. The maximum Gasteiger partial charge on any atom is 0.340 e. The van der Waals surface area contributed by atoms with Crippen molar-refractivity contribution in [2.24, 2.45) is 0 Å². The van der Waals surface area contributed by atoms with Gasteiger partial charge in [0, 0.05) is 5.56 Å².